The summed E-state index contributed by atoms with van der Waals surface area (Å²) in [6.45, 7) is 8.18. The van der Waals surface area contributed by atoms with Gasteiger partial charge in [-0.25, -0.2) is 9.37 Å². The van der Waals surface area contributed by atoms with Crippen LogP contribution < -0.4 is 5.32 Å². The molecule has 0 aliphatic heterocycles. The second kappa shape index (κ2) is 6.04. The lowest BCUT2D eigenvalue weighted by atomic mass is 10.0. The van der Waals surface area contributed by atoms with Crippen molar-refractivity contribution < 1.29 is 4.39 Å². The number of nitrogens with zero attached hydrogens (tertiary/aromatic N) is 1. The lowest BCUT2D eigenvalue weighted by molar-refractivity contribution is 0.630. The molecule has 0 fully saturated rings. The third kappa shape index (κ3) is 2.82. The zero-order valence-corrected chi connectivity index (χ0v) is 12.5. The molecule has 0 radical (unpaired) electrons. The average Bonchev–Trinajstić information content (AvgIpc) is 2.43. The highest BCUT2D eigenvalue weighted by molar-refractivity contribution is 5.62. The first kappa shape index (κ1) is 14.5. The van der Waals surface area contributed by atoms with Crippen LogP contribution in [0, 0.1) is 19.7 Å². The molecule has 1 aromatic carbocycles. The lowest BCUT2D eigenvalue weighted by Crippen LogP contribution is -2.04. The number of benzene rings is 1. The van der Waals surface area contributed by atoms with Gasteiger partial charge in [0.2, 0.25) is 0 Å². The van der Waals surface area contributed by atoms with E-state index in [-0.39, 0.29) is 5.82 Å². The summed E-state index contributed by atoms with van der Waals surface area (Å²) >= 11 is 0. The smallest absolute Gasteiger partial charge is 0.146 e. The van der Waals surface area contributed by atoms with E-state index in [9.17, 15) is 4.39 Å². The summed E-state index contributed by atoms with van der Waals surface area (Å²) in [4.78, 5) is 4.44. The standard InChI is InChI=1S/C17H21FN2/c1-5-13-10-19-17(12(4)14(13)6-2)20-16-8-7-11(3)9-15(16)18/h7-10H,5-6H2,1-4H3,(H,19,20). The Kier molecular flexibility index (Phi) is 4.38. The molecular weight excluding hydrogens is 251 g/mol. The SMILES string of the molecule is CCc1cnc(Nc2ccc(C)cc2F)c(C)c1CC. The summed E-state index contributed by atoms with van der Waals surface area (Å²) in [5.74, 6) is 0.491. The van der Waals surface area contributed by atoms with Crippen LogP contribution in [0.5, 0.6) is 0 Å². The minimum Gasteiger partial charge on any atom is -0.338 e. The minimum atomic E-state index is -0.246. The van der Waals surface area contributed by atoms with E-state index in [1.54, 1.807) is 6.07 Å². The third-order valence-corrected chi connectivity index (χ3v) is 3.66. The molecule has 1 heterocycles. The molecule has 3 heteroatoms. The number of anilines is 2. The van der Waals surface area contributed by atoms with Crippen molar-refractivity contribution in [2.24, 2.45) is 0 Å². The first-order chi connectivity index (χ1) is 9.56. The number of pyridine rings is 1. The Morgan fingerprint density at radius 1 is 1.15 bits per heavy atom. The van der Waals surface area contributed by atoms with Crippen LogP contribution in [-0.2, 0) is 12.8 Å². The van der Waals surface area contributed by atoms with Gasteiger partial charge in [-0.15, -0.1) is 0 Å². The number of hydrogen-bond donors (Lipinski definition) is 1. The topological polar surface area (TPSA) is 24.9 Å². The Morgan fingerprint density at radius 3 is 2.50 bits per heavy atom. The summed E-state index contributed by atoms with van der Waals surface area (Å²) < 4.78 is 13.9. The molecule has 0 atom stereocenters. The van der Waals surface area contributed by atoms with Gasteiger partial charge in [-0.1, -0.05) is 19.9 Å². The molecule has 0 aliphatic rings. The Labute approximate surface area is 120 Å². The van der Waals surface area contributed by atoms with Crippen molar-refractivity contribution in [1.82, 2.24) is 4.98 Å². The zero-order chi connectivity index (χ0) is 14.7. The van der Waals surface area contributed by atoms with Crippen LogP contribution in [0.25, 0.3) is 0 Å². The number of rotatable bonds is 4. The molecule has 0 bridgehead atoms. The molecular formula is C17H21FN2. The summed E-state index contributed by atoms with van der Waals surface area (Å²) in [6.07, 6.45) is 3.82. The normalized spacial score (nSPS) is 10.7. The van der Waals surface area contributed by atoms with Crippen molar-refractivity contribution in [2.75, 3.05) is 5.32 Å². The van der Waals surface area contributed by atoms with Gasteiger partial charge in [-0.3, -0.25) is 0 Å². The van der Waals surface area contributed by atoms with Crippen molar-refractivity contribution in [3.8, 4) is 0 Å². The fourth-order valence-corrected chi connectivity index (χ4v) is 2.47. The minimum absolute atomic E-state index is 0.246. The van der Waals surface area contributed by atoms with E-state index in [0.717, 1.165) is 29.8 Å². The van der Waals surface area contributed by atoms with Crippen molar-refractivity contribution in [3.05, 3.63) is 52.5 Å². The number of hydrogen-bond acceptors (Lipinski definition) is 2. The molecule has 0 unspecified atom stereocenters. The van der Waals surface area contributed by atoms with Crippen molar-refractivity contribution in [2.45, 2.75) is 40.5 Å². The number of halogens is 1. The monoisotopic (exact) mass is 272 g/mol. The molecule has 0 saturated heterocycles. The Balaban J connectivity index is 2.39. The lowest BCUT2D eigenvalue weighted by Gasteiger charge is -2.15. The molecule has 0 amide bonds. The van der Waals surface area contributed by atoms with E-state index < -0.39 is 0 Å². The van der Waals surface area contributed by atoms with E-state index in [1.165, 1.54) is 17.2 Å². The zero-order valence-electron chi connectivity index (χ0n) is 12.5. The van der Waals surface area contributed by atoms with Crippen LogP contribution in [0.2, 0.25) is 0 Å². The van der Waals surface area contributed by atoms with Crippen LogP contribution in [-0.4, -0.2) is 4.98 Å². The highest BCUT2D eigenvalue weighted by atomic mass is 19.1. The molecule has 0 aliphatic carbocycles. The molecule has 1 N–H and O–H groups in total. The largest absolute Gasteiger partial charge is 0.338 e. The van der Waals surface area contributed by atoms with Gasteiger partial charge in [-0.05, 0) is 61.1 Å². The molecule has 106 valence electrons. The fraction of sp³-hybridized carbons (Fsp3) is 0.353. The van der Waals surface area contributed by atoms with Crippen LogP contribution in [0.15, 0.2) is 24.4 Å². The van der Waals surface area contributed by atoms with Crippen molar-refractivity contribution in [1.29, 1.82) is 0 Å². The summed E-state index contributed by atoms with van der Waals surface area (Å²) in [5.41, 5.74) is 5.05. The predicted octanol–water partition coefficient (Wildman–Crippen LogP) is 4.71. The van der Waals surface area contributed by atoms with Crippen LogP contribution in [0.1, 0.15) is 36.1 Å². The van der Waals surface area contributed by atoms with Gasteiger partial charge >= 0.3 is 0 Å². The van der Waals surface area contributed by atoms with Crippen molar-refractivity contribution >= 4 is 11.5 Å². The predicted molar refractivity (Wildman–Crippen MR) is 82.1 cm³/mol. The maximum atomic E-state index is 13.9. The molecule has 2 rings (SSSR count). The Hall–Kier alpha value is -1.90. The van der Waals surface area contributed by atoms with E-state index >= 15 is 0 Å². The Morgan fingerprint density at radius 2 is 1.90 bits per heavy atom. The maximum Gasteiger partial charge on any atom is 0.146 e. The number of nitrogens with one attached hydrogen (secondary N) is 1. The van der Waals surface area contributed by atoms with E-state index in [4.69, 9.17) is 0 Å². The fourth-order valence-electron chi connectivity index (χ4n) is 2.47. The molecule has 2 aromatic rings. The van der Waals surface area contributed by atoms with E-state index in [0.29, 0.717) is 5.69 Å². The number of aryl methyl sites for hydroxylation is 2. The van der Waals surface area contributed by atoms with Crippen LogP contribution >= 0.6 is 0 Å². The van der Waals surface area contributed by atoms with Gasteiger partial charge in [0.05, 0.1) is 5.69 Å². The highest BCUT2D eigenvalue weighted by Crippen LogP contribution is 2.26. The van der Waals surface area contributed by atoms with E-state index in [2.05, 4.69) is 24.1 Å². The molecule has 0 spiro atoms. The molecule has 20 heavy (non-hydrogen) atoms. The average molecular weight is 272 g/mol. The molecule has 1 aromatic heterocycles. The van der Waals surface area contributed by atoms with Crippen LogP contribution in [0.3, 0.4) is 0 Å². The van der Waals surface area contributed by atoms with Crippen LogP contribution in [0.4, 0.5) is 15.9 Å². The quantitative estimate of drug-likeness (QED) is 0.872. The first-order valence-electron chi connectivity index (χ1n) is 7.07. The van der Waals surface area contributed by atoms with Gasteiger partial charge in [0.25, 0.3) is 0 Å². The highest BCUT2D eigenvalue weighted by Gasteiger charge is 2.11. The summed E-state index contributed by atoms with van der Waals surface area (Å²) in [7, 11) is 0. The number of aromatic nitrogens is 1. The van der Waals surface area contributed by atoms with Gasteiger partial charge in [0, 0.05) is 6.20 Å². The summed E-state index contributed by atoms with van der Waals surface area (Å²) in [6, 6.07) is 5.17. The van der Waals surface area contributed by atoms with E-state index in [1.807, 2.05) is 26.1 Å². The second-order valence-corrected chi connectivity index (χ2v) is 5.05. The maximum absolute atomic E-state index is 13.9. The second-order valence-electron chi connectivity index (χ2n) is 5.05. The van der Waals surface area contributed by atoms with Gasteiger partial charge in [-0.2, -0.15) is 0 Å². The van der Waals surface area contributed by atoms with Gasteiger partial charge < -0.3 is 5.32 Å². The van der Waals surface area contributed by atoms with Gasteiger partial charge in [0.1, 0.15) is 11.6 Å². The first-order valence-corrected chi connectivity index (χ1v) is 7.07. The Bertz CT molecular complexity index is 621. The van der Waals surface area contributed by atoms with Gasteiger partial charge in [0.15, 0.2) is 0 Å². The van der Waals surface area contributed by atoms with Crippen molar-refractivity contribution in [3.63, 3.8) is 0 Å². The molecule has 2 nitrogen and oxygen atoms in total. The third-order valence-electron chi connectivity index (χ3n) is 3.66. The summed E-state index contributed by atoms with van der Waals surface area (Å²) in [5, 5.41) is 3.11. The molecule has 0 saturated carbocycles.